The van der Waals surface area contributed by atoms with Crippen molar-refractivity contribution in [3.8, 4) is 5.75 Å². The Morgan fingerprint density at radius 1 is 1.33 bits per heavy atom. The van der Waals surface area contributed by atoms with Crippen molar-refractivity contribution in [2.75, 3.05) is 0 Å². The van der Waals surface area contributed by atoms with Gasteiger partial charge in [-0.25, -0.2) is 0 Å². The van der Waals surface area contributed by atoms with Crippen LogP contribution < -0.4 is 4.74 Å². The second kappa shape index (κ2) is 5.69. The first-order valence-electron chi connectivity index (χ1n) is 5.95. The van der Waals surface area contributed by atoms with E-state index in [1.54, 1.807) is 6.92 Å². The third kappa shape index (κ3) is 3.60. The van der Waals surface area contributed by atoms with Gasteiger partial charge in [0, 0.05) is 6.07 Å². The highest BCUT2D eigenvalue weighted by atomic mass is 16.5. The van der Waals surface area contributed by atoms with Crippen molar-refractivity contribution in [2.45, 2.75) is 33.0 Å². The average Bonchev–Trinajstić information content (AvgIpc) is 2.74. The van der Waals surface area contributed by atoms with E-state index in [9.17, 15) is 5.11 Å². The molecule has 4 heteroatoms. The van der Waals surface area contributed by atoms with E-state index in [0.29, 0.717) is 13.0 Å². The zero-order chi connectivity index (χ0) is 13.0. The van der Waals surface area contributed by atoms with Crippen molar-refractivity contribution in [1.29, 1.82) is 0 Å². The van der Waals surface area contributed by atoms with Gasteiger partial charge in [0.2, 0.25) is 0 Å². The fourth-order valence-electron chi connectivity index (χ4n) is 1.71. The topological polar surface area (TPSA) is 55.5 Å². The number of hydrogen-bond acceptors (Lipinski definition) is 4. The first-order valence-corrected chi connectivity index (χ1v) is 5.95. The summed E-state index contributed by atoms with van der Waals surface area (Å²) in [5.74, 6) is 1.56. The summed E-state index contributed by atoms with van der Waals surface area (Å²) in [6.45, 7) is 4.02. The third-order valence-corrected chi connectivity index (χ3v) is 2.52. The molecule has 0 aliphatic carbocycles. The zero-order valence-electron chi connectivity index (χ0n) is 10.6. The summed E-state index contributed by atoms with van der Waals surface area (Å²) in [4.78, 5) is 0. The molecule has 2 rings (SSSR count). The summed E-state index contributed by atoms with van der Waals surface area (Å²) in [6, 6.07) is 9.54. The van der Waals surface area contributed by atoms with Crippen LogP contribution in [0.2, 0.25) is 0 Å². The van der Waals surface area contributed by atoms with E-state index in [4.69, 9.17) is 9.26 Å². The first-order chi connectivity index (χ1) is 8.63. The number of rotatable bonds is 5. The Kier molecular flexibility index (Phi) is 3.99. The highest BCUT2D eigenvalue weighted by molar-refractivity contribution is 5.27. The quantitative estimate of drug-likeness (QED) is 0.882. The van der Waals surface area contributed by atoms with Crippen molar-refractivity contribution in [1.82, 2.24) is 5.16 Å². The molecule has 0 radical (unpaired) electrons. The molecule has 0 aliphatic heterocycles. The van der Waals surface area contributed by atoms with Gasteiger partial charge in [-0.2, -0.15) is 0 Å². The van der Waals surface area contributed by atoms with E-state index in [1.165, 1.54) is 0 Å². The highest BCUT2D eigenvalue weighted by Gasteiger charge is 2.02. The Morgan fingerprint density at radius 2 is 2.06 bits per heavy atom. The highest BCUT2D eigenvalue weighted by Crippen LogP contribution is 2.15. The van der Waals surface area contributed by atoms with Gasteiger partial charge in [0.05, 0.1) is 6.10 Å². The lowest BCUT2D eigenvalue weighted by atomic mass is 10.1. The molecule has 0 aliphatic rings. The van der Waals surface area contributed by atoms with Crippen LogP contribution in [0.25, 0.3) is 0 Å². The van der Waals surface area contributed by atoms with Gasteiger partial charge in [-0.1, -0.05) is 17.3 Å². The van der Waals surface area contributed by atoms with Crippen LogP contribution in [0.15, 0.2) is 34.9 Å². The third-order valence-electron chi connectivity index (χ3n) is 2.52. The molecular weight excluding hydrogens is 230 g/mol. The van der Waals surface area contributed by atoms with Crippen LogP contribution in [0.4, 0.5) is 0 Å². The molecule has 0 fully saturated rings. The molecule has 1 unspecified atom stereocenters. The Bertz CT molecular complexity index is 488. The van der Waals surface area contributed by atoms with Gasteiger partial charge in [0.25, 0.3) is 0 Å². The molecule has 0 bridgehead atoms. The SMILES string of the molecule is Cc1cc(COc2ccc(CC(C)O)cc2)no1. The van der Waals surface area contributed by atoms with Crippen LogP contribution in [0.3, 0.4) is 0 Å². The van der Waals surface area contributed by atoms with Crippen LogP contribution in [0.5, 0.6) is 5.75 Å². The molecule has 1 heterocycles. The summed E-state index contributed by atoms with van der Waals surface area (Å²) in [5.41, 5.74) is 1.87. The van der Waals surface area contributed by atoms with Gasteiger partial charge in [0.15, 0.2) is 0 Å². The van der Waals surface area contributed by atoms with Crippen LogP contribution in [0.1, 0.15) is 23.9 Å². The van der Waals surface area contributed by atoms with Gasteiger partial charge in [0.1, 0.15) is 23.8 Å². The van der Waals surface area contributed by atoms with Gasteiger partial charge in [-0.05, 0) is 38.0 Å². The van der Waals surface area contributed by atoms with Gasteiger partial charge >= 0.3 is 0 Å². The number of nitrogens with zero attached hydrogens (tertiary/aromatic N) is 1. The molecule has 1 atom stereocenters. The molecule has 18 heavy (non-hydrogen) atoms. The van der Waals surface area contributed by atoms with Gasteiger partial charge in [-0.15, -0.1) is 0 Å². The predicted molar refractivity (Wildman–Crippen MR) is 67.4 cm³/mol. The molecule has 0 spiro atoms. The molecule has 0 amide bonds. The summed E-state index contributed by atoms with van der Waals surface area (Å²) < 4.78 is 10.5. The molecule has 1 aromatic carbocycles. The zero-order valence-corrected chi connectivity index (χ0v) is 10.6. The fraction of sp³-hybridized carbons (Fsp3) is 0.357. The van der Waals surface area contributed by atoms with Crippen molar-refractivity contribution >= 4 is 0 Å². The fourth-order valence-corrected chi connectivity index (χ4v) is 1.71. The largest absolute Gasteiger partial charge is 0.487 e. The number of aliphatic hydroxyl groups excluding tert-OH is 1. The minimum absolute atomic E-state index is 0.324. The molecule has 1 aromatic heterocycles. The lowest BCUT2D eigenvalue weighted by molar-refractivity contribution is 0.195. The minimum atomic E-state index is -0.324. The van der Waals surface area contributed by atoms with E-state index in [1.807, 2.05) is 37.3 Å². The van der Waals surface area contributed by atoms with Crippen LogP contribution in [-0.2, 0) is 13.0 Å². The Morgan fingerprint density at radius 3 is 2.61 bits per heavy atom. The number of ether oxygens (including phenoxy) is 1. The second-order valence-corrected chi connectivity index (χ2v) is 4.41. The lowest BCUT2D eigenvalue weighted by Crippen LogP contribution is -2.03. The molecular formula is C14H17NO3. The first kappa shape index (κ1) is 12.6. The maximum atomic E-state index is 9.28. The molecule has 96 valence electrons. The Labute approximate surface area is 106 Å². The maximum absolute atomic E-state index is 9.28. The summed E-state index contributed by atoms with van der Waals surface area (Å²) in [6.07, 6.45) is 0.331. The molecule has 2 aromatic rings. The normalized spacial score (nSPS) is 12.4. The molecule has 0 saturated carbocycles. The lowest BCUT2D eigenvalue weighted by Gasteiger charge is -2.07. The van der Waals surface area contributed by atoms with Crippen LogP contribution in [-0.4, -0.2) is 16.4 Å². The number of aliphatic hydroxyl groups is 1. The van der Waals surface area contributed by atoms with Crippen molar-refractivity contribution < 1.29 is 14.4 Å². The average molecular weight is 247 g/mol. The Balaban J connectivity index is 1.90. The van der Waals surface area contributed by atoms with E-state index in [0.717, 1.165) is 22.8 Å². The molecule has 0 saturated heterocycles. The molecule has 1 N–H and O–H groups in total. The predicted octanol–water partition coefficient (Wildman–Crippen LogP) is 2.49. The number of aryl methyl sites for hydroxylation is 1. The van der Waals surface area contributed by atoms with Gasteiger partial charge < -0.3 is 14.4 Å². The summed E-state index contributed by atoms with van der Waals surface area (Å²) in [5, 5.41) is 13.1. The summed E-state index contributed by atoms with van der Waals surface area (Å²) in [7, 11) is 0. The maximum Gasteiger partial charge on any atom is 0.134 e. The number of aromatic nitrogens is 1. The number of hydrogen-bond donors (Lipinski definition) is 1. The minimum Gasteiger partial charge on any atom is -0.487 e. The standard InChI is InChI=1S/C14H17NO3/c1-10(16)7-12-3-5-14(6-4-12)17-9-13-8-11(2)18-15-13/h3-6,8,10,16H,7,9H2,1-2H3. The van der Waals surface area contributed by atoms with E-state index in [-0.39, 0.29) is 6.10 Å². The van der Waals surface area contributed by atoms with Crippen LogP contribution >= 0.6 is 0 Å². The second-order valence-electron chi connectivity index (χ2n) is 4.41. The van der Waals surface area contributed by atoms with E-state index < -0.39 is 0 Å². The number of benzene rings is 1. The smallest absolute Gasteiger partial charge is 0.134 e. The van der Waals surface area contributed by atoms with Crippen molar-refractivity contribution in [3.05, 3.63) is 47.3 Å². The Hall–Kier alpha value is -1.81. The monoisotopic (exact) mass is 247 g/mol. The molecule has 4 nitrogen and oxygen atoms in total. The van der Waals surface area contributed by atoms with Crippen molar-refractivity contribution in [2.24, 2.45) is 0 Å². The van der Waals surface area contributed by atoms with E-state index in [2.05, 4.69) is 5.16 Å². The summed E-state index contributed by atoms with van der Waals surface area (Å²) >= 11 is 0. The van der Waals surface area contributed by atoms with Gasteiger partial charge in [-0.3, -0.25) is 0 Å². The van der Waals surface area contributed by atoms with Crippen LogP contribution in [0, 0.1) is 6.92 Å². The van der Waals surface area contributed by atoms with E-state index >= 15 is 0 Å². The van der Waals surface area contributed by atoms with Crippen molar-refractivity contribution in [3.63, 3.8) is 0 Å².